The van der Waals surface area contributed by atoms with Gasteiger partial charge >= 0.3 is 5.97 Å². The Kier molecular flexibility index (Phi) is 5.38. The SMILES string of the molecule is COc1cccc(/C=C/C(=O)Nc2ccc(Cl)c(C(=O)O)c2)c1. The fourth-order valence-electron chi connectivity index (χ4n) is 1.87. The molecule has 0 spiro atoms. The fourth-order valence-corrected chi connectivity index (χ4v) is 2.07. The minimum Gasteiger partial charge on any atom is -0.497 e. The zero-order chi connectivity index (χ0) is 16.8. The van der Waals surface area contributed by atoms with Gasteiger partial charge in [0.1, 0.15) is 5.75 Å². The lowest BCUT2D eigenvalue weighted by Crippen LogP contribution is -2.09. The highest BCUT2D eigenvalue weighted by atomic mass is 35.5. The molecule has 23 heavy (non-hydrogen) atoms. The number of carboxylic acid groups (broad SMARTS) is 1. The van der Waals surface area contributed by atoms with E-state index in [0.29, 0.717) is 11.4 Å². The van der Waals surface area contributed by atoms with Crippen LogP contribution in [-0.4, -0.2) is 24.1 Å². The average Bonchev–Trinajstić information content (AvgIpc) is 2.54. The first-order chi connectivity index (χ1) is 11.0. The number of halogens is 1. The van der Waals surface area contributed by atoms with E-state index in [4.69, 9.17) is 21.4 Å². The third-order valence-corrected chi connectivity index (χ3v) is 3.31. The van der Waals surface area contributed by atoms with Crippen molar-refractivity contribution < 1.29 is 19.4 Å². The second-order valence-electron chi connectivity index (χ2n) is 4.60. The first-order valence-corrected chi connectivity index (χ1v) is 7.03. The molecule has 2 aromatic rings. The number of nitrogens with one attached hydrogen (secondary N) is 1. The largest absolute Gasteiger partial charge is 0.497 e. The van der Waals surface area contributed by atoms with Crippen LogP contribution in [0.4, 0.5) is 5.69 Å². The van der Waals surface area contributed by atoms with Crippen molar-refractivity contribution in [1.29, 1.82) is 0 Å². The predicted octanol–water partition coefficient (Wildman–Crippen LogP) is 3.70. The lowest BCUT2D eigenvalue weighted by atomic mass is 10.2. The van der Waals surface area contributed by atoms with Crippen LogP contribution in [0.25, 0.3) is 6.08 Å². The molecule has 0 aromatic heterocycles. The maximum Gasteiger partial charge on any atom is 0.337 e. The van der Waals surface area contributed by atoms with E-state index in [1.807, 2.05) is 12.1 Å². The summed E-state index contributed by atoms with van der Waals surface area (Å²) in [5.74, 6) is -0.846. The Hall–Kier alpha value is -2.79. The Balaban J connectivity index is 2.08. The Labute approximate surface area is 138 Å². The van der Waals surface area contributed by atoms with E-state index in [9.17, 15) is 9.59 Å². The molecule has 0 aliphatic carbocycles. The topological polar surface area (TPSA) is 75.6 Å². The summed E-state index contributed by atoms with van der Waals surface area (Å²) in [6.45, 7) is 0. The number of rotatable bonds is 5. The van der Waals surface area contributed by atoms with Crippen LogP contribution in [0.5, 0.6) is 5.75 Å². The number of amides is 1. The smallest absolute Gasteiger partial charge is 0.337 e. The van der Waals surface area contributed by atoms with Gasteiger partial charge in [-0.3, -0.25) is 4.79 Å². The molecule has 1 amide bonds. The number of hydrogen-bond acceptors (Lipinski definition) is 3. The summed E-state index contributed by atoms with van der Waals surface area (Å²) in [6.07, 6.45) is 2.98. The van der Waals surface area contributed by atoms with Crippen molar-refractivity contribution in [3.05, 3.63) is 64.7 Å². The van der Waals surface area contributed by atoms with Crippen molar-refractivity contribution in [2.75, 3.05) is 12.4 Å². The van der Waals surface area contributed by atoms with Gasteiger partial charge in [-0.25, -0.2) is 4.79 Å². The molecule has 0 aliphatic heterocycles. The number of methoxy groups -OCH3 is 1. The number of aromatic carboxylic acids is 1. The van der Waals surface area contributed by atoms with Gasteiger partial charge in [-0.15, -0.1) is 0 Å². The maximum absolute atomic E-state index is 11.9. The molecular weight excluding hydrogens is 318 g/mol. The van der Waals surface area contributed by atoms with Crippen LogP contribution >= 0.6 is 11.6 Å². The van der Waals surface area contributed by atoms with Crippen LogP contribution in [0.3, 0.4) is 0 Å². The highest BCUT2D eigenvalue weighted by Crippen LogP contribution is 2.20. The molecule has 0 atom stereocenters. The number of anilines is 1. The first-order valence-electron chi connectivity index (χ1n) is 6.65. The number of benzene rings is 2. The molecule has 5 nitrogen and oxygen atoms in total. The van der Waals surface area contributed by atoms with Gasteiger partial charge in [0.15, 0.2) is 0 Å². The van der Waals surface area contributed by atoms with E-state index in [-0.39, 0.29) is 16.5 Å². The van der Waals surface area contributed by atoms with Crippen molar-refractivity contribution in [3.63, 3.8) is 0 Å². The van der Waals surface area contributed by atoms with Crippen molar-refractivity contribution in [2.45, 2.75) is 0 Å². The quantitative estimate of drug-likeness (QED) is 0.819. The van der Waals surface area contributed by atoms with Gasteiger partial charge in [0.05, 0.1) is 17.7 Å². The molecule has 6 heteroatoms. The van der Waals surface area contributed by atoms with Crippen LogP contribution in [0.2, 0.25) is 5.02 Å². The van der Waals surface area contributed by atoms with Gasteiger partial charge in [0, 0.05) is 11.8 Å². The van der Waals surface area contributed by atoms with Gasteiger partial charge in [-0.05, 0) is 42.0 Å². The standard InChI is InChI=1S/C17H14ClNO4/c1-23-13-4-2-3-11(9-13)5-8-16(20)19-12-6-7-15(18)14(10-12)17(21)22/h2-10H,1H3,(H,19,20)(H,21,22)/b8-5+. The highest BCUT2D eigenvalue weighted by molar-refractivity contribution is 6.33. The second kappa shape index (κ2) is 7.47. The molecule has 0 heterocycles. The Morgan fingerprint density at radius 3 is 2.70 bits per heavy atom. The second-order valence-corrected chi connectivity index (χ2v) is 5.01. The van der Waals surface area contributed by atoms with Crippen molar-refractivity contribution >= 4 is 35.2 Å². The van der Waals surface area contributed by atoms with Gasteiger partial charge in [-0.1, -0.05) is 23.7 Å². The number of carbonyl (C=O) groups is 2. The zero-order valence-electron chi connectivity index (χ0n) is 12.2. The van der Waals surface area contributed by atoms with Gasteiger partial charge < -0.3 is 15.2 Å². The molecule has 2 aromatic carbocycles. The Bertz CT molecular complexity index is 771. The summed E-state index contributed by atoms with van der Waals surface area (Å²) >= 11 is 5.78. The highest BCUT2D eigenvalue weighted by Gasteiger charge is 2.10. The first kappa shape index (κ1) is 16.6. The van der Waals surface area contributed by atoms with E-state index in [1.165, 1.54) is 24.3 Å². The monoisotopic (exact) mass is 331 g/mol. The summed E-state index contributed by atoms with van der Waals surface area (Å²) < 4.78 is 5.10. The van der Waals surface area contributed by atoms with E-state index < -0.39 is 5.97 Å². The molecule has 0 saturated carbocycles. The minimum absolute atomic E-state index is 0.0683. The minimum atomic E-state index is -1.15. The van der Waals surface area contributed by atoms with Crippen LogP contribution in [0, 0.1) is 0 Å². The molecule has 0 fully saturated rings. The molecule has 0 unspecified atom stereocenters. The van der Waals surface area contributed by atoms with E-state index >= 15 is 0 Å². The van der Waals surface area contributed by atoms with Crippen LogP contribution < -0.4 is 10.1 Å². The van der Waals surface area contributed by atoms with Crippen LogP contribution in [-0.2, 0) is 4.79 Å². The maximum atomic E-state index is 11.9. The molecule has 2 rings (SSSR count). The zero-order valence-corrected chi connectivity index (χ0v) is 13.0. The number of carboxylic acids is 1. The Morgan fingerprint density at radius 1 is 1.22 bits per heavy atom. The summed E-state index contributed by atoms with van der Waals surface area (Å²) in [5.41, 5.74) is 1.09. The summed E-state index contributed by atoms with van der Waals surface area (Å²) in [4.78, 5) is 22.9. The van der Waals surface area contributed by atoms with E-state index in [2.05, 4.69) is 5.32 Å². The normalized spacial score (nSPS) is 10.5. The number of carbonyl (C=O) groups excluding carboxylic acids is 1. The Morgan fingerprint density at radius 2 is 2.00 bits per heavy atom. The molecule has 0 radical (unpaired) electrons. The third-order valence-electron chi connectivity index (χ3n) is 2.99. The van der Waals surface area contributed by atoms with Crippen molar-refractivity contribution in [1.82, 2.24) is 0 Å². The summed E-state index contributed by atoms with van der Waals surface area (Å²) in [7, 11) is 1.57. The van der Waals surface area contributed by atoms with Crippen molar-refractivity contribution in [2.24, 2.45) is 0 Å². The molecular formula is C17H14ClNO4. The fraction of sp³-hybridized carbons (Fsp3) is 0.0588. The predicted molar refractivity (Wildman–Crippen MR) is 89.1 cm³/mol. The summed E-state index contributed by atoms with van der Waals surface area (Å²) in [6, 6.07) is 11.5. The van der Waals surface area contributed by atoms with Crippen LogP contribution in [0.1, 0.15) is 15.9 Å². The molecule has 0 aliphatic rings. The lowest BCUT2D eigenvalue weighted by molar-refractivity contribution is -0.111. The van der Waals surface area contributed by atoms with E-state index in [0.717, 1.165) is 5.56 Å². The summed E-state index contributed by atoms with van der Waals surface area (Å²) in [5, 5.41) is 11.7. The third kappa shape index (κ3) is 4.59. The van der Waals surface area contributed by atoms with Gasteiger partial charge in [-0.2, -0.15) is 0 Å². The van der Waals surface area contributed by atoms with Crippen molar-refractivity contribution in [3.8, 4) is 5.75 Å². The number of ether oxygens (including phenoxy) is 1. The molecule has 118 valence electrons. The van der Waals surface area contributed by atoms with Crippen LogP contribution in [0.15, 0.2) is 48.5 Å². The molecule has 2 N–H and O–H groups in total. The number of hydrogen-bond donors (Lipinski definition) is 2. The molecule has 0 saturated heterocycles. The average molecular weight is 332 g/mol. The van der Waals surface area contributed by atoms with Gasteiger partial charge in [0.2, 0.25) is 5.91 Å². The molecule has 0 bridgehead atoms. The lowest BCUT2D eigenvalue weighted by Gasteiger charge is -2.05. The van der Waals surface area contributed by atoms with E-state index in [1.54, 1.807) is 25.3 Å². The van der Waals surface area contributed by atoms with Gasteiger partial charge in [0.25, 0.3) is 0 Å².